The summed E-state index contributed by atoms with van der Waals surface area (Å²) in [7, 11) is -5.05. The van der Waals surface area contributed by atoms with Gasteiger partial charge in [0.05, 0.1) is 11.5 Å². The van der Waals surface area contributed by atoms with Crippen molar-refractivity contribution >= 4 is 67.3 Å². The molecule has 0 saturated heterocycles. The predicted octanol–water partition coefficient (Wildman–Crippen LogP) is 0.227. The maximum absolute atomic E-state index is 10.9. The maximum Gasteiger partial charge on any atom is 0.266 e. The summed E-state index contributed by atoms with van der Waals surface area (Å²) in [5.41, 5.74) is 1.23. The Morgan fingerprint density at radius 2 is 0.895 bits per heavy atom. The van der Waals surface area contributed by atoms with Crippen molar-refractivity contribution < 1.29 is 25.9 Å². The average Bonchev–Trinajstić information content (AvgIpc) is 2.83. The Labute approximate surface area is 218 Å². The molecule has 18 nitrogen and oxygen atoms in total. The van der Waals surface area contributed by atoms with E-state index in [2.05, 4.69) is 61.8 Å². The summed E-state index contributed by atoms with van der Waals surface area (Å²) in [6.07, 6.45) is 0. The van der Waals surface area contributed by atoms with E-state index < -0.39 is 31.7 Å². The lowest BCUT2D eigenvalue weighted by Crippen LogP contribution is -2.17. The molecule has 2 aromatic heterocycles. The Morgan fingerprint density at radius 1 is 0.579 bits per heavy atom. The number of rotatable bonds is 14. The molecule has 0 saturated carbocycles. The largest absolute Gasteiger partial charge is 0.357 e. The second-order valence-electron chi connectivity index (χ2n) is 7.37. The van der Waals surface area contributed by atoms with Crippen molar-refractivity contribution in [2.45, 2.75) is 0 Å². The Balaban J connectivity index is 1.67. The summed E-state index contributed by atoms with van der Waals surface area (Å²) in [5.74, 6) is -0.00623. The molecule has 0 radical (unpaired) electrons. The van der Waals surface area contributed by atoms with Gasteiger partial charge < -0.3 is 31.9 Å². The van der Waals surface area contributed by atoms with Gasteiger partial charge in [0, 0.05) is 38.6 Å². The number of aromatic nitrogens is 6. The molecule has 0 aliphatic carbocycles. The van der Waals surface area contributed by atoms with Crippen molar-refractivity contribution in [2.24, 2.45) is 0 Å². The molecule has 3 aromatic rings. The molecule has 0 unspecified atom stereocenters. The molecule has 0 aliphatic heterocycles. The predicted molar refractivity (Wildman–Crippen MR) is 142 cm³/mol. The number of hydrogen-bond acceptors (Lipinski definition) is 16. The average molecular weight is 571 g/mol. The van der Waals surface area contributed by atoms with Gasteiger partial charge in [0.15, 0.2) is 0 Å². The van der Waals surface area contributed by atoms with Crippen LogP contribution in [0.2, 0.25) is 0 Å². The molecule has 0 amide bonds. The molecule has 20 heteroatoms. The molecule has 0 atom stereocenters. The van der Waals surface area contributed by atoms with Crippen LogP contribution in [-0.2, 0) is 20.2 Å². The zero-order valence-corrected chi connectivity index (χ0v) is 21.8. The molecule has 3 rings (SSSR count). The second-order valence-corrected chi connectivity index (χ2v) is 10.5. The zero-order chi connectivity index (χ0) is 27.8. The van der Waals surface area contributed by atoms with E-state index in [0.717, 1.165) is 0 Å². The number of nitrogens with zero attached hydrogens (tertiary/aromatic N) is 6. The zero-order valence-electron chi connectivity index (χ0n) is 20.2. The fourth-order valence-corrected chi connectivity index (χ4v) is 3.44. The summed E-state index contributed by atoms with van der Waals surface area (Å²) in [4.78, 5) is 24.9. The third kappa shape index (κ3) is 9.72. The van der Waals surface area contributed by atoms with Crippen LogP contribution in [0.1, 0.15) is 0 Å². The van der Waals surface area contributed by atoms with Crippen LogP contribution < -0.4 is 31.9 Å². The summed E-state index contributed by atoms with van der Waals surface area (Å²) >= 11 is 0. The van der Waals surface area contributed by atoms with Crippen LogP contribution in [0.3, 0.4) is 0 Å². The number of hydrogen-bond donors (Lipinski definition) is 8. The van der Waals surface area contributed by atoms with Gasteiger partial charge in [0.1, 0.15) is 0 Å². The smallest absolute Gasteiger partial charge is 0.266 e. The number of nitrogens with one attached hydrogen (secondary N) is 6. The van der Waals surface area contributed by atoms with Crippen molar-refractivity contribution in [1.82, 2.24) is 29.9 Å². The Hall–Kier alpha value is -4.14. The van der Waals surface area contributed by atoms with Gasteiger partial charge >= 0.3 is 0 Å². The fraction of sp³-hybridized carbons (Fsp3) is 0.333. The third-order valence-electron chi connectivity index (χ3n) is 4.40. The molecule has 0 bridgehead atoms. The summed E-state index contributed by atoms with van der Waals surface area (Å²) in [6.45, 7) is -0.203. The van der Waals surface area contributed by atoms with Crippen LogP contribution >= 0.6 is 0 Å². The summed E-state index contributed by atoms with van der Waals surface area (Å²) in [6, 6.07) is 6.90. The van der Waals surface area contributed by atoms with Gasteiger partial charge in [-0.3, -0.25) is 9.11 Å². The maximum atomic E-state index is 10.9. The van der Waals surface area contributed by atoms with E-state index in [1.54, 1.807) is 38.4 Å². The highest BCUT2D eigenvalue weighted by Gasteiger charge is 2.10. The van der Waals surface area contributed by atoms with Crippen LogP contribution in [0.5, 0.6) is 0 Å². The lowest BCUT2D eigenvalue weighted by molar-refractivity contribution is 0.481. The van der Waals surface area contributed by atoms with Crippen LogP contribution in [0.4, 0.5) is 47.1 Å². The molecule has 0 fully saturated rings. The molecular weight excluding hydrogens is 544 g/mol. The standard InChI is InChI=1S/C18H26N12O6S2/c1-19-13-25-15(21-7-9-37(31,32)33)29-17(27-13)23-11-3-5-12(6-4-11)24-18-28-14(20-2)26-16(30-18)22-8-10-38(34,35)36/h3-6H,7-10H2,1-2H3,(H,31,32,33)(H,34,35,36)(H3,19,21,23,25,27,29)(H3,20,22,24,26,28,30). The minimum atomic E-state index is -4.13. The van der Waals surface area contributed by atoms with Crippen LogP contribution in [0.15, 0.2) is 24.3 Å². The van der Waals surface area contributed by atoms with Crippen LogP contribution in [0.25, 0.3) is 0 Å². The van der Waals surface area contributed by atoms with Gasteiger partial charge in [-0.15, -0.1) is 0 Å². The monoisotopic (exact) mass is 570 g/mol. The second kappa shape index (κ2) is 12.4. The van der Waals surface area contributed by atoms with Crippen molar-refractivity contribution in [2.75, 3.05) is 70.6 Å². The lowest BCUT2D eigenvalue weighted by Gasteiger charge is -2.11. The topological polar surface area (TPSA) is 258 Å². The first-order valence-electron chi connectivity index (χ1n) is 10.8. The van der Waals surface area contributed by atoms with E-state index in [-0.39, 0.29) is 48.8 Å². The first-order valence-corrected chi connectivity index (χ1v) is 14.0. The highest BCUT2D eigenvalue weighted by molar-refractivity contribution is 7.86. The van der Waals surface area contributed by atoms with Crippen molar-refractivity contribution in [3.8, 4) is 0 Å². The van der Waals surface area contributed by atoms with Crippen molar-refractivity contribution in [3.05, 3.63) is 24.3 Å². The summed E-state index contributed by atoms with van der Waals surface area (Å²) in [5, 5.41) is 17.0. The van der Waals surface area contributed by atoms with Gasteiger partial charge in [-0.05, 0) is 24.3 Å². The molecular formula is C18H26N12O6S2. The Kier molecular flexibility index (Phi) is 9.28. The molecule has 1 aromatic carbocycles. The van der Waals surface area contributed by atoms with Gasteiger partial charge in [0.25, 0.3) is 20.2 Å². The molecule has 2 heterocycles. The van der Waals surface area contributed by atoms with Crippen molar-refractivity contribution in [1.29, 1.82) is 0 Å². The Morgan fingerprint density at radius 3 is 1.21 bits per heavy atom. The van der Waals surface area contributed by atoms with E-state index in [4.69, 9.17) is 9.11 Å². The highest BCUT2D eigenvalue weighted by atomic mass is 32.2. The minimum Gasteiger partial charge on any atom is -0.357 e. The minimum absolute atomic E-state index is 0.101. The normalized spacial score (nSPS) is 11.5. The summed E-state index contributed by atoms with van der Waals surface area (Å²) < 4.78 is 61.4. The lowest BCUT2D eigenvalue weighted by atomic mass is 10.3. The van der Waals surface area contributed by atoms with E-state index in [9.17, 15) is 16.8 Å². The first kappa shape index (κ1) is 28.4. The molecule has 38 heavy (non-hydrogen) atoms. The van der Waals surface area contributed by atoms with Crippen LogP contribution in [-0.4, -0.2) is 94.5 Å². The van der Waals surface area contributed by atoms with Crippen molar-refractivity contribution in [3.63, 3.8) is 0 Å². The molecule has 206 valence electrons. The van der Waals surface area contributed by atoms with Crippen LogP contribution in [0, 0.1) is 0 Å². The SMILES string of the molecule is CNc1nc(NCCS(=O)(=O)O)nc(Nc2ccc(Nc3nc(NC)nc(NCCS(=O)(=O)O)n3)cc2)n1. The first-order chi connectivity index (χ1) is 17.9. The third-order valence-corrected chi connectivity index (χ3v) is 5.84. The van der Waals surface area contributed by atoms with Gasteiger partial charge in [0.2, 0.25) is 35.7 Å². The quantitative estimate of drug-likeness (QED) is 0.121. The van der Waals surface area contributed by atoms with Gasteiger partial charge in [-0.2, -0.15) is 46.7 Å². The van der Waals surface area contributed by atoms with E-state index >= 15 is 0 Å². The number of anilines is 8. The van der Waals surface area contributed by atoms with Gasteiger partial charge in [-0.25, -0.2) is 0 Å². The Bertz CT molecular complexity index is 1340. The number of benzene rings is 1. The molecule has 0 aliphatic rings. The van der Waals surface area contributed by atoms with E-state index in [1.807, 2.05) is 0 Å². The fourth-order valence-electron chi connectivity index (χ4n) is 2.72. The van der Waals surface area contributed by atoms with Gasteiger partial charge in [-0.1, -0.05) is 0 Å². The molecule has 0 spiro atoms. The molecule has 8 N–H and O–H groups in total. The highest BCUT2D eigenvalue weighted by Crippen LogP contribution is 2.21. The van der Waals surface area contributed by atoms with E-state index in [1.165, 1.54) is 0 Å². The van der Waals surface area contributed by atoms with E-state index in [0.29, 0.717) is 11.4 Å².